The summed E-state index contributed by atoms with van der Waals surface area (Å²) in [6, 6.07) is 8.05. The molecule has 0 atom stereocenters. The minimum Gasteiger partial charge on any atom is -0.358 e. The molecule has 0 aliphatic heterocycles. The molecule has 19 heavy (non-hydrogen) atoms. The topological polar surface area (TPSA) is 29.0 Å². The highest BCUT2D eigenvalue weighted by molar-refractivity contribution is 5.75. The van der Waals surface area contributed by atoms with Crippen molar-refractivity contribution in [1.82, 2.24) is 9.97 Å². The molecule has 1 saturated carbocycles. The van der Waals surface area contributed by atoms with E-state index in [1.807, 2.05) is 30.5 Å². The molecule has 0 spiro atoms. The first kappa shape index (κ1) is 12.4. The van der Waals surface area contributed by atoms with Crippen LogP contribution in [0.2, 0.25) is 0 Å². The van der Waals surface area contributed by atoms with Gasteiger partial charge < -0.3 is 4.90 Å². The fourth-order valence-corrected chi connectivity index (χ4v) is 2.98. The van der Waals surface area contributed by atoms with E-state index in [0.717, 1.165) is 29.3 Å². The van der Waals surface area contributed by atoms with Gasteiger partial charge in [0.15, 0.2) is 0 Å². The lowest BCUT2D eigenvalue weighted by molar-refractivity contribution is 0.361. The largest absolute Gasteiger partial charge is 0.358 e. The van der Waals surface area contributed by atoms with Crippen molar-refractivity contribution in [3.63, 3.8) is 0 Å². The molecule has 0 N–H and O–H groups in total. The van der Waals surface area contributed by atoms with E-state index in [2.05, 4.69) is 16.9 Å². The zero-order chi connectivity index (χ0) is 13.1. The van der Waals surface area contributed by atoms with Gasteiger partial charge in [0.05, 0.1) is 17.2 Å². The molecule has 0 unspecified atom stereocenters. The molecule has 2 aromatic rings. The van der Waals surface area contributed by atoms with Gasteiger partial charge in [-0.05, 0) is 30.9 Å². The summed E-state index contributed by atoms with van der Waals surface area (Å²) in [5, 5.41) is 0. The summed E-state index contributed by atoms with van der Waals surface area (Å²) in [6.45, 7) is 1.10. The van der Waals surface area contributed by atoms with Crippen LogP contribution < -0.4 is 4.90 Å². The quantitative estimate of drug-likeness (QED) is 0.838. The summed E-state index contributed by atoms with van der Waals surface area (Å²) in [4.78, 5) is 11.5. The molecule has 0 saturated heterocycles. The highest BCUT2D eigenvalue weighted by atomic mass is 15.2. The Kier molecular flexibility index (Phi) is 3.62. The number of para-hydroxylation sites is 2. The van der Waals surface area contributed by atoms with Crippen LogP contribution in [0.15, 0.2) is 30.5 Å². The molecule has 3 rings (SSSR count). The van der Waals surface area contributed by atoms with Crippen LogP contribution in [0.1, 0.15) is 32.1 Å². The first-order chi connectivity index (χ1) is 9.33. The normalized spacial score (nSPS) is 16.7. The maximum absolute atomic E-state index is 4.70. The molecule has 1 aromatic carbocycles. The first-order valence-electron chi connectivity index (χ1n) is 7.26. The number of anilines is 1. The van der Waals surface area contributed by atoms with E-state index < -0.39 is 0 Å². The molecule has 1 aliphatic rings. The Bertz CT molecular complexity index is 546. The van der Waals surface area contributed by atoms with E-state index in [9.17, 15) is 0 Å². The Morgan fingerprint density at radius 2 is 1.84 bits per heavy atom. The van der Waals surface area contributed by atoms with Crippen molar-refractivity contribution in [3.05, 3.63) is 30.5 Å². The molecular weight excluding hydrogens is 234 g/mol. The van der Waals surface area contributed by atoms with Gasteiger partial charge in [-0.2, -0.15) is 0 Å². The number of nitrogens with zero attached hydrogens (tertiary/aromatic N) is 3. The zero-order valence-corrected chi connectivity index (χ0v) is 11.5. The number of aromatic nitrogens is 2. The van der Waals surface area contributed by atoms with Crippen LogP contribution >= 0.6 is 0 Å². The molecule has 100 valence electrons. The molecule has 1 aliphatic carbocycles. The van der Waals surface area contributed by atoms with Crippen LogP contribution in [0.5, 0.6) is 0 Å². The van der Waals surface area contributed by atoms with Crippen molar-refractivity contribution >= 4 is 16.9 Å². The van der Waals surface area contributed by atoms with Gasteiger partial charge in [-0.3, -0.25) is 4.98 Å². The average Bonchev–Trinajstić information content (AvgIpc) is 2.48. The predicted molar refractivity (Wildman–Crippen MR) is 79.4 cm³/mol. The van der Waals surface area contributed by atoms with Gasteiger partial charge in [-0.25, -0.2) is 4.98 Å². The van der Waals surface area contributed by atoms with Crippen molar-refractivity contribution in [1.29, 1.82) is 0 Å². The second-order valence-electron chi connectivity index (χ2n) is 5.60. The number of fused-ring (bicyclic) bond motifs is 1. The van der Waals surface area contributed by atoms with Gasteiger partial charge in [0.2, 0.25) is 0 Å². The van der Waals surface area contributed by atoms with Gasteiger partial charge in [0, 0.05) is 13.6 Å². The Labute approximate surface area is 114 Å². The van der Waals surface area contributed by atoms with Crippen molar-refractivity contribution in [2.45, 2.75) is 32.1 Å². The predicted octanol–water partition coefficient (Wildman–Crippen LogP) is 3.65. The van der Waals surface area contributed by atoms with Crippen LogP contribution in [0.3, 0.4) is 0 Å². The second kappa shape index (κ2) is 5.55. The monoisotopic (exact) mass is 255 g/mol. The maximum Gasteiger partial charge on any atom is 0.147 e. The van der Waals surface area contributed by atoms with Gasteiger partial charge in [-0.15, -0.1) is 0 Å². The van der Waals surface area contributed by atoms with Gasteiger partial charge in [0.1, 0.15) is 5.82 Å². The molecule has 1 heterocycles. The van der Waals surface area contributed by atoms with Gasteiger partial charge >= 0.3 is 0 Å². The minimum atomic E-state index is 0.826. The Morgan fingerprint density at radius 1 is 1.11 bits per heavy atom. The van der Waals surface area contributed by atoms with Crippen LogP contribution in [0.4, 0.5) is 5.82 Å². The Balaban J connectivity index is 1.75. The van der Waals surface area contributed by atoms with Crippen molar-refractivity contribution in [3.8, 4) is 0 Å². The van der Waals surface area contributed by atoms with E-state index in [4.69, 9.17) is 4.98 Å². The summed E-state index contributed by atoms with van der Waals surface area (Å²) >= 11 is 0. The summed E-state index contributed by atoms with van der Waals surface area (Å²) < 4.78 is 0. The number of hydrogen-bond donors (Lipinski definition) is 0. The lowest BCUT2D eigenvalue weighted by Gasteiger charge is -2.27. The summed E-state index contributed by atoms with van der Waals surface area (Å²) in [5.41, 5.74) is 1.95. The number of hydrogen-bond acceptors (Lipinski definition) is 3. The lowest BCUT2D eigenvalue weighted by atomic mass is 9.89. The van der Waals surface area contributed by atoms with Crippen molar-refractivity contribution in [2.24, 2.45) is 5.92 Å². The molecule has 0 bridgehead atoms. The maximum atomic E-state index is 4.70. The van der Waals surface area contributed by atoms with Gasteiger partial charge in [0.25, 0.3) is 0 Å². The third kappa shape index (κ3) is 2.86. The van der Waals surface area contributed by atoms with Crippen LogP contribution in [0.25, 0.3) is 11.0 Å². The average molecular weight is 255 g/mol. The van der Waals surface area contributed by atoms with Gasteiger partial charge in [-0.1, -0.05) is 31.4 Å². The molecular formula is C16H21N3. The third-order valence-electron chi connectivity index (χ3n) is 4.08. The standard InChI is InChI=1S/C16H21N3/c1-19(12-13-7-3-2-4-8-13)16-11-17-14-9-5-6-10-15(14)18-16/h5-6,9-11,13H,2-4,7-8,12H2,1H3. The molecule has 0 amide bonds. The third-order valence-corrected chi connectivity index (χ3v) is 4.08. The fraction of sp³-hybridized carbons (Fsp3) is 0.500. The lowest BCUT2D eigenvalue weighted by Crippen LogP contribution is -2.27. The smallest absolute Gasteiger partial charge is 0.147 e. The highest BCUT2D eigenvalue weighted by Crippen LogP contribution is 2.25. The molecule has 1 fully saturated rings. The van der Waals surface area contributed by atoms with Crippen molar-refractivity contribution in [2.75, 3.05) is 18.5 Å². The SMILES string of the molecule is CN(CC1CCCCC1)c1cnc2ccccc2n1. The molecule has 3 heteroatoms. The van der Waals surface area contributed by atoms with E-state index in [1.54, 1.807) is 0 Å². The molecule has 0 radical (unpaired) electrons. The first-order valence-corrected chi connectivity index (χ1v) is 7.26. The second-order valence-corrected chi connectivity index (χ2v) is 5.60. The van der Waals surface area contributed by atoms with Crippen LogP contribution in [-0.4, -0.2) is 23.6 Å². The minimum absolute atomic E-state index is 0.826. The van der Waals surface area contributed by atoms with E-state index in [1.165, 1.54) is 32.1 Å². The number of rotatable bonds is 3. The van der Waals surface area contributed by atoms with Crippen molar-refractivity contribution < 1.29 is 0 Å². The summed E-state index contributed by atoms with van der Waals surface area (Å²) in [7, 11) is 2.13. The summed E-state index contributed by atoms with van der Waals surface area (Å²) in [6.07, 6.45) is 8.82. The fourth-order valence-electron chi connectivity index (χ4n) is 2.98. The van der Waals surface area contributed by atoms with Crippen LogP contribution in [-0.2, 0) is 0 Å². The Morgan fingerprint density at radius 3 is 2.63 bits per heavy atom. The Hall–Kier alpha value is -1.64. The van der Waals surface area contributed by atoms with E-state index >= 15 is 0 Å². The highest BCUT2D eigenvalue weighted by Gasteiger charge is 2.16. The molecule has 1 aromatic heterocycles. The van der Waals surface area contributed by atoms with Crippen LogP contribution in [0, 0.1) is 5.92 Å². The van der Waals surface area contributed by atoms with E-state index in [-0.39, 0.29) is 0 Å². The zero-order valence-electron chi connectivity index (χ0n) is 11.5. The number of benzene rings is 1. The van der Waals surface area contributed by atoms with E-state index in [0.29, 0.717) is 0 Å². The molecule has 3 nitrogen and oxygen atoms in total. The summed E-state index contributed by atoms with van der Waals surface area (Å²) in [5.74, 6) is 1.82.